The summed E-state index contributed by atoms with van der Waals surface area (Å²) in [7, 11) is 1.56. The molecule has 0 bridgehead atoms. The number of nitrogens with zero attached hydrogens (tertiary/aromatic N) is 2. The Kier molecular flexibility index (Phi) is 4.66. The van der Waals surface area contributed by atoms with Gasteiger partial charge in [0.25, 0.3) is 0 Å². The Morgan fingerprint density at radius 2 is 2.50 bits per heavy atom. The summed E-state index contributed by atoms with van der Waals surface area (Å²) in [5, 5.41) is 6.60. The molecule has 0 amide bonds. The van der Waals surface area contributed by atoms with Crippen molar-refractivity contribution in [1.29, 1.82) is 0 Å². The van der Waals surface area contributed by atoms with Crippen LogP contribution in [-0.4, -0.2) is 41.4 Å². The van der Waals surface area contributed by atoms with Crippen LogP contribution in [0.4, 0.5) is 5.82 Å². The van der Waals surface area contributed by atoms with Gasteiger partial charge in [0.2, 0.25) is 5.88 Å². The standard InChI is InChI=1S/C11H16N4O2S/c1-16-10-5-9(13-7-14-10)15-11(18)12-6-8-3-2-4-17-8/h5,7-8H,2-4,6H2,1H3,(H2,12,13,14,15,18)/t8-/m1/s1. The molecule has 1 saturated heterocycles. The second kappa shape index (κ2) is 6.46. The number of anilines is 1. The zero-order valence-corrected chi connectivity index (χ0v) is 11.0. The van der Waals surface area contributed by atoms with Gasteiger partial charge in [0, 0.05) is 19.2 Å². The first-order valence-corrected chi connectivity index (χ1v) is 6.21. The van der Waals surface area contributed by atoms with Crippen molar-refractivity contribution < 1.29 is 9.47 Å². The largest absolute Gasteiger partial charge is 0.481 e. The summed E-state index contributed by atoms with van der Waals surface area (Å²) in [5.41, 5.74) is 0. The number of hydrogen-bond donors (Lipinski definition) is 2. The van der Waals surface area contributed by atoms with Crippen LogP contribution in [0.15, 0.2) is 12.4 Å². The molecule has 1 aliphatic heterocycles. The number of nitrogens with one attached hydrogen (secondary N) is 2. The van der Waals surface area contributed by atoms with E-state index in [1.807, 2.05) is 0 Å². The van der Waals surface area contributed by atoms with E-state index in [4.69, 9.17) is 21.7 Å². The summed E-state index contributed by atoms with van der Waals surface area (Å²) in [6.45, 7) is 1.56. The molecule has 18 heavy (non-hydrogen) atoms. The lowest BCUT2D eigenvalue weighted by molar-refractivity contribution is 0.114. The fraction of sp³-hybridized carbons (Fsp3) is 0.545. The lowest BCUT2D eigenvalue weighted by Crippen LogP contribution is -2.35. The van der Waals surface area contributed by atoms with Crippen molar-refractivity contribution in [1.82, 2.24) is 15.3 Å². The first-order valence-electron chi connectivity index (χ1n) is 5.80. The van der Waals surface area contributed by atoms with Gasteiger partial charge >= 0.3 is 0 Å². The molecule has 0 unspecified atom stereocenters. The molecule has 1 aromatic heterocycles. The molecule has 0 radical (unpaired) electrons. The molecule has 0 spiro atoms. The van der Waals surface area contributed by atoms with Crippen LogP contribution < -0.4 is 15.4 Å². The molecule has 0 aromatic carbocycles. The van der Waals surface area contributed by atoms with Crippen LogP contribution in [0.2, 0.25) is 0 Å². The molecular weight excluding hydrogens is 252 g/mol. The fourth-order valence-corrected chi connectivity index (χ4v) is 1.88. The third kappa shape index (κ3) is 3.78. The SMILES string of the molecule is COc1cc(NC(=S)NC[C@H]2CCCO2)ncn1. The van der Waals surface area contributed by atoms with E-state index in [-0.39, 0.29) is 6.10 Å². The molecule has 2 rings (SSSR count). The minimum absolute atomic E-state index is 0.254. The maximum atomic E-state index is 5.49. The van der Waals surface area contributed by atoms with Crippen molar-refractivity contribution in [2.24, 2.45) is 0 Å². The Morgan fingerprint density at radius 1 is 1.61 bits per heavy atom. The highest BCUT2D eigenvalue weighted by atomic mass is 32.1. The second-order valence-electron chi connectivity index (χ2n) is 3.92. The summed E-state index contributed by atoms with van der Waals surface area (Å²) >= 11 is 5.17. The summed E-state index contributed by atoms with van der Waals surface area (Å²) < 4.78 is 10.5. The van der Waals surface area contributed by atoms with Crippen molar-refractivity contribution in [2.75, 3.05) is 25.6 Å². The first-order chi connectivity index (χ1) is 8.78. The van der Waals surface area contributed by atoms with Crippen LogP contribution in [0.3, 0.4) is 0 Å². The van der Waals surface area contributed by atoms with Gasteiger partial charge in [-0.3, -0.25) is 0 Å². The average molecular weight is 268 g/mol. The molecule has 0 saturated carbocycles. The maximum absolute atomic E-state index is 5.49. The normalized spacial score (nSPS) is 18.4. The highest BCUT2D eigenvalue weighted by Gasteiger charge is 2.15. The van der Waals surface area contributed by atoms with Crippen LogP contribution in [-0.2, 0) is 4.74 Å². The molecule has 98 valence electrons. The van der Waals surface area contributed by atoms with Crippen LogP contribution in [0.25, 0.3) is 0 Å². The summed E-state index contributed by atoms with van der Waals surface area (Å²) in [5.74, 6) is 1.10. The topological polar surface area (TPSA) is 68.3 Å². The Bertz CT molecular complexity index is 410. The van der Waals surface area contributed by atoms with E-state index in [2.05, 4.69) is 20.6 Å². The predicted octanol–water partition coefficient (Wildman–Crippen LogP) is 0.951. The summed E-state index contributed by atoms with van der Waals surface area (Å²) in [6, 6.07) is 1.68. The van der Waals surface area contributed by atoms with E-state index in [1.165, 1.54) is 6.33 Å². The first kappa shape index (κ1) is 13.0. The van der Waals surface area contributed by atoms with E-state index in [9.17, 15) is 0 Å². The zero-order chi connectivity index (χ0) is 12.8. The Labute approximate surface area is 111 Å². The lowest BCUT2D eigenvalue weighted by atomic mass is 10.2. The van der Waals surface area contributed by atoms with E-state index >= 15 is 0 Å². The van der Waals surface area contributed by atoms with Gasteiger partial charge in [0.15, 0.2) is 5.11 Å². The van der Waals surface area contributed by atoms with Gasteiger partial charge in [-0.1, -0.05) is 0 Å². The minimum Gasteiger partial charge on any atom is -0.481 e. The molecule has 1 atom stereocenters. The molecule has 2 N–H and O–H groups in total. The maximum Gasteiger partial charge on any atom is 0.218 e. The lowest BCUT2D eigenvalue weighted by Gasteiger charge is -2.13. The Morgan fingerprint density at radius 3 is 3.22 bits per heavy atom. The molecule has 6 nitrogen and oxygen atoms in total. The number of rotatable bonds is 4. The van der Waals surface area contributed by atoms with Crippen molar-refractivity contribution in [2.45, 2.75) is 18.9 Å². The minimum atomic E-state index is 0.254. The fourth-order valence-electron chi connectivity index (χ4n) is 1.69. The van der Waals surface area contributed by atoms with E-state index < -0.39 is 0 Å². The zero-order valence-electron chi connectivity index (χ0n) is 10.2. The van der Waals surface area contributed by atoms with Crippen molar-refractivity contribution >= 4 is 23.1 Å². The van der Waals surface area contributed by atoms with Crippen molar-refractivity contribution in [3.8, 4) is 5.88 Å². The van der Waals surface area contributed by atoms with Crippen LogP contribution in [0.5, 0.6) is 5.88 Å². The molecule has 7 heteroatoms. The van der Waals surface area contributed by atoms with E-state index in [1.54, 1.807) is 13.2 Å². The molecule has 1 aromatic rings. The van der Waals surface area contributed by atoms with Gasteiger partial charge in [0.05, 0.1) is 13.2 Å². The Balaban J connectivity index is 1.78. The quantitative estimate of drug-likeness (QED) is 0.788. The van der Waals surface area contributed by atoms with Gasteiger partial charge in [-0.15, -0.1) is 0 Å². The molecule has 1 fully saturated rings. The van der Waals surface area contributed by atoms with Crippen molar-refractivity contribution in [3.05, 3.63) is 12.4 Å². The molecular formula is C11H16N4O2S. The Hall–Kier alpha value is -1.47. The predicted molar refractivity (Wildman–Crippen MR) is 71.8 cm³/mol. The average Bonchev–Trinajstić information content (AvgIpc) is 2.90. The number of hydrogen-bond acceptors (Lipinski definition) is 5. The van der Waals surface area contributed by atoms with Crippen LogP contribution in [0.1, 0.15) is 12.8 Å². The summed E-state index contributed by atoms with van der Waals surface area (Å²) in [6.07, 6.45) is 3.88. The van der Waals surface area contributed by atoms with Gasteiger partial charge in [-0.2, -0.15) is 0 Å². The van der Waals surface area contributed by atoms with Gasteiger partial charge < -0.3 is 20.1 Å². The number of methoxy groups -OCH3 is 1. The highest BCUT2D eigenvalue weighted by molar-refractivity contribution is 7.80. The molecule has 2 heterocycles. The molecule has 1 aliphatic rings. The van der Waals surface area contributed by atoms with Crippen molar-refractivity contribution in [3.63, 3.8) is 0 Å². The highest BCUT2D eigenvalue weighted by Crippen LogP contribution is 2.11. The van der Waals surface area contributed by atoms with Gasteiger partial charge in [-0.05, 0) is 25.1 Å². The van der Waals surface area contributed by atoms with Gasteiger partial charge in [0.1, 0.15) is 12.1 Å². The monoisotopic (exact) mass is 268 g/mol. The van der Waals surface area contributed by atoms with Crippen LogP contribution >= 0.6 is 12.2 Å². The smallest absolute Gasteiger partial charge is 0.218 e. The number of aromatic nitrogens is 2. The summed E-state index contributed by atoms with van der Waals surface area (Å²) in [4.78, 5) is 7.96. The third-order valence-corrected chi connectivity index (χ3v) is 2.85. The van der Waals surface area contributed by atoms with Gasteiger partial charge in [-0.25, -0.2) is 9.97 Å². The van der Waals surface area contributed by atoms with E-state index in [0.29, 0.717) is 23.4 Å². The number of thiocarbonyl (C=S) groups is 1. The second-order valence-corrected chi connectivity index (χ2v) is 4.32. The van der Waals surface area contributed by atoms with E-state index in [0.717, 1.165) is 19.4 Å². The third-order valence-electron chi connectivity index (χ3n) is 2.61. The number of ether oxygens (including phenoxy) is 2. The molecule has 0 aliphatic carbocycles. The van der Waals surface area contributed by atoms with Crippen LogP contribution in [0, 0.1) is 0 Å².